The Kier molecular flexibility index (Phi) is 6.43. The average molecular weight is 369 g/mol. The van der Waals surface area contributed by atoms with E-state index < -0.39 is 0 Å². The number of rotatable bonds is 5. The number of nitrogens with zero attached hydrogens (tertiary/aromatic N) is 1. The van der Waals surface area contributed by atoms with E-state index in [1.165, 1.54) is 45.2 Å². The van der Waals surface area contributed by atoms with Crippen LogP contribution >= 0.6 is 23.2 Å². The topological polar surface area (TPSA) is 32.3 Å². The SMILES string of the molecule is O=C(CCc1ccc(Cl)c(Cl)c1)NC1CCCCC1N1CCCC1. The number of benzene rings is 1. The lowest BCUT2D eigenvalue weighted by molar-refractivity contribution is -0.122. The van der Waals surface area contributed by atoms with Gasteiger partial charge < -0.3 is 5.32 Å². The lowest BCUT2D eigenvalue weighted by Gasteiger charge is -2.38. The highest BCUT2D eigenvalue weighted by atomic mass is 35.5. The van der Waals surface area contributed by atoms with Crippen molar-refractivity contribution in [3.05, 3.63) is 33.8 Å². The molecule has 3 nitrogen and oxygen atoms in total. The van der Waals surface area contributed by atoms with E-state index in [9.17, 15) is 4.79 Å². The molecule has 2 atom stereocenters. The van der Waals surface area contributed by atoms with Gasteiger partial charge >= 0.3 is 0 Å². The van der Waals surface area contributed by atoms with Gasteiger partial charge in [-0.05, 0) is 62.9 Å². The Bertz CT molecular complexity index is 572. The average Bonchev–Trinajstić information content (AvgIpc) is 3.11. The second-order valence-corrected chi connectivity index (χ2v) is 7.83. The zero-order valence-electron chi connectivity index (χ0n) is 14.1. The van der Waals surface area contributed by atoms with Crippen molar-refractivity contribution in [1.82, 2.24) is 10.2 Å². The molecular weight excluding hydrogens is 343 g/mol. The van der Waals surface area contributed by atoms with E-state index in [1.54, 1.807) is 6.07 Å². The molecular formula is C19H26Cl2N2O. The summed E-state index contributed by atoms with van der Waals surface area (Å²) in [5.41, 5.74) is 1.05. The van der Waals surface area contributed by atoms with Gasteiger partial charge in [-0.25, -0.2) is 0 Å². The summed E-state index contributed by atoms with van der Waals surface area (Å²) in [6.45, 7) is 2.39. The van der Waals surface area contributed by atoms with Crippen molar-refractivity contribution in [2.45, 2.75) is 63.5 Å². The van der Waals surface area contributed by atoms with Gasteiger partial charge in [-0.3, -0.25) is 9.69 Å². The number of carbonyl (C=O) groups is 1. The Labute approximate surface area is 154 Å². The molecule has 1 aliphatic carbocycles. The molecule has 1 amide bonds. The first kappa shape index (κ1) is 18.0. The van der Waals surface area contributed by atoms with Gasteiger partial charge in [0.2, 0.25) is 5.91 Å². The first-order chi connectivity index (χ1) is 11.6. The maximum atomic E-state index is 12.4. The Morgan fingerprint density at radius 2 is 1.83 bits per heavy atom. The van der Waals surface area contributed by atoms with Crippen LogP contribution in [-0.2, 0) is 11.2 Å². The highest BCUT2D eigenvalue weighted by Crippen LogP contribution is 2.26. The molecule has 0 aromatic heterocycles. The Morgan fingerprint density at radius 3 is 2.58 bits per heavy atom. The van der Waals surface area contributed by atoms with Gasteiger partial charge in [0.25, 0.3) is 0 Å². The number of hydrogen-bond donors (Lipinski definition) is 1. The normalized spacial score (nSPS) is 24.9. The molecule has 2 unspecified atom stereocenters. The van der Waals surface area contributed by atoms with E-state index >= 15 is 0 Å². The third kappa shape index (κ3) is 4.65. The molecule has 0 spiro atoms. The van der Waals surface area contributed by atoms with E-state index in [1.807, 2.05) is 12.1 Å². The molecule has 132 valence electrons. The van der Waals surface area contributed by atoms with Gasteiger partial charge in [-0.1, -0.05) is 42.1 Å². The number of halogens is 2. The van der Waals surface area contributed by atoms with Crippen LogP contribution < -0.4 is 5.32 Å². The monoisotopic (exact) mass is 368 g/mol. The van der Waals surface area contributed by atoms with E-state index in [4.69, 9.17) is 23.2 Å². The second kappa shape index (κ2) is 8.55. The smallest absolute Gasteiger partial charge is 0.220 e. The molecule has 2 aliphatic rings. The first-order valence-electron chi connectivity index (χ1n) is 9.11. The lowest BCUT2D eigenvalue weighted by Crippen LogP contribution is -2.52. The maximum absolute atomic E-state index is 12.4. The van der Waals surface area contributed by atoms with Crippen molar-refractivity contribution >= 4 is 29.1 Å². The number of nitrogens with one attached hydrogen (secondary N) is 1. The Morgan fingerprint density at radius 1 is 1.08 bits per heavy atom. The Balaban J connectivity index is 1.51. The fourth-order valence-corrected chi connectivity index (χ4v) is 4.34. The summed E-state index contributed by atoms with van der Waals surface area (Å²) < 4.78 is 0. The van der Waals surface area contributed by atoms with Crippen LogP contribution in [-0.4, -0.2) is 36.0 Å². The third-order valence-electron chi connectivity index (χ3n) is 5.31. The van der Waals surface area contributed by atoms with Crippen molar-refractivity contribution in [2.75, 3.05) is 13.1 Å². The van der Waals surface area contributed by atoms with Gasteiger partial charge in [0, 0.05) is 18.5 Å². The van der Waals surface area contributed by atoms with Crippen LogP contribution in [0.1, 0.15) is 50.5 Å². The molecule has 1 saturated heterocycles. The predicted molar refractivity (Wildman–Crippen MR) is 99.8 cm³/mol. The summed E-state index contributed by atoms with van der Waals surface area (Å²) in [6.07, 6.45) is 8.64. The fourth-order valence-electron chi connectivity index (χ4n) is 4.02. The summed E-state index contributed by atoms with van der Waals surface area (Å²) in [5, 5.41) is 4.41. The van der Waals surface area contributed by atoms with E-state index in [0.717, 1.165) is 12.0 Å². The third-order valence-corrected chi connectivity index (χ3v) is 6.05. The van der Waals surface area contributed by atoms with Crippen LogP contribution in [0.5, 0.6) is 0 Å². The molecule has 1 N–H and O–H groups in total. The van der Waals surface area contributed by atoms with Crippen LogP contribution in [0.2, 0.25) is 10.0 Å². The van der Waals surface area contributed by atoms with Crippen molar-refractivity contribution < 1.29 is 4.79 Å². The summed E-state index contributed by atoms with van der Waals surface area (Å²) in [5.74, 6) is 0.150. The van der Waals surface area contributed by atoms with Gasteiger partial charge in [0.15, 0.2) is 0 Å². The molecule has 0 bridgehead atoms. The highest BCUT2D eigenvalue weighted by molar-refractivity contribution is 6.42. The lowest BCUT2D eigenvalue weighted by atomic mass is 9.89. The maximum Gasteiger partial charge on any atom is 0.220 e. The first-order valence-corrected chi connectivity index (χ1v) is 9.86. The zero-order chi connectivity index (χ0) is 16.9. The van der Waals surface area contributed by atoms with Crippen LogP contribution in [0.15, 0.2) is 18.2 Å². The molecule has 2 fully saturated rings. The van der Waals surface area contributed by atoms with Crippen LogP contribution in [0, 0.1) is 0 Å². The van der Waals surface area contributed by atoms with Crippen molar-refractivity contribution in [1.29, 1.82) is 0 Å². The molecule has 1 saturated carbocycles. The van der Waals surface area contributed by atoms with E-state index in [-0.39, 0.29) is 5.91 Å². The van der Waals surface area contributed by atoms with Gasteiger partial charge in [-0.15, -0.1) is 0 Å². The minimum Gasteiger partial charge on any atom is -0.352 e. The number of amides is 1. The van der Waals surface area contributed by atoms with Crippen molar-refractivity contribution in [3.8, 4) is 0 Å². The summed E-state index contributed by atoms with van der Waals surface area (Å²) in [6, 6.07) is 6.44. The summed E-state index contributed by atoms with van der Waals surface area (Å²) in [4.78, 5) is 15.0. The summed E-state index contributed by atoms with van der Waals surface area (Å²) >= 11 is 12.0. The number of hydrogen-bond acceptors (Lipinski definition) is 2. The summed E-state index contributed by atoms with van der Waals surface area (Å²) in [7, 11) is 0. The Hall–Kier alpha value is -0.770. The van der Waals surface area contributed by atoms with E-state index in [0.29, 0.717) is 35.0 Å². The van der Waals surface area contributed by atoms with Gasteiger partial charge in [0.05, 0.1) is 10.0 Å². The minimum absolute atomic E-state index is 0.150. The molecule has 1 aromatic carbocycles. The molecule has 1 aliphatic heterocycles. The quantitative estimate of drug-likeness (QED) is 0.832. The molecule has 1 heterocycles. The van der Waals surface area contributed by atoms with Crippen LogP contribution in [0.3, 0.4) is 0 Å². The highest BCUT2D eigenvalue weighted by Gasteiger charge is 2.32. The molecule has 3 rings (SSSR count). The predicted octanol–water partition coefficient (Wildman–Crippen LogP) is 4.45. The standard InChI is InChI=1S/C19H26Cl2N2O/c20-15-9-7-14(13-16(15)21)8-10-19(24)22-17-5-1-2-6-18(17)23-11-3-4-12-23/h7,9,13,17-18H,1-6,8,10-12H2,(H,22,24). The molecule has 5 heteroatoms. The number of aryl methyl sites for hydroxylation is 1. The molecule has 1 aromatic rings. The molecule has 0 radical (unpaired) electrons. The second-order valence-electron chi connectivity index (χ2n) is 7.02. The minimum atomic E-state index is 0.150. The number of likely N-dealkylation sites (tertiary alicyclic amines) is 1. The fraction of sp³-hybridized carbons (Fsp3) is 0.632. The van der Waals surface area contributed by atoms with Gasteiger partial charge in [-0.2, -0.15) is 0 Å². The zero-order valence-corrected chi connectivity index (χ0v) is 15.6. The number of carbonyl (C=O) groups excluding carboxylic acids is 1. The molecule has 24 heavy (non-hydrogen) atoms. The van der Waals surface area contributed by atoms with Crippen LogP contribution in [0.25, 0.3) is 0 Å². The van der Waals surface area contributed by atoms with Crippen molar-refractivity contribution in [3.63, 3.8) is 0 Å². The van der Waals surface area contributed by atoms with E-state index in [2.05, 4.69) is 10.2 Å². The van der Waals surface area contributed by atoms with Crippen LogP contribution in [0.4, 0.5) is 0 Å². The largest absolute Gasteiger partial charge is 0.352 e. The van der Waals surface area contributed by atoms with Gasteiger partial charge in [0.1, 0.15) is 0 Å². The van der Waals surface area contributed by atoms with Crippen molar-refractivity contribution in [2.24, 2.45) is 0 Å².